The highest BCUT2D eigenvalue weighted by atomic mass is 16.4. The molecule has 2 heterocycles. The van der Waals surface area contributed by atoms with E-state index in [9.17, 15) is 15.0 Å². The number of fused-ring (bicyclic) bond motifs is 1. The van der Waals surface area contributed by atoms with Crippen LogP contribution in [-0.2, 0) is 39.0 Å². The van der Waals surface area contributed by atoms with Crippen LogP contribution in [0.25, 0.3) is 17.0 Å². The molecule has 0 saturated carbocycles. The Kier molecular flexibility index (Phi) is 19.3. The lowest BCUT2D eigenvalue weighted by Gasteiger charge is -2.17. The summed E-state index contributed by atoms with van der Waals surface area (Å²) in [6.07, 6.45) is 6.31. The number of carboxylic acid groups (broad SMARTS) is 1. The van der Waals surface area contributed by atoms with Crippen LogP contribution in [0.3, 0.4) is 0 Å². The van der Waals surface area contributed by atoms with Crippen molar-refractivity contribution in [1.29, 1.82) is 0 Å². The number of hydrogen-bond acceptors (Lipinski definition) is 10. The van der Waals surface area contributed by atoms with Gasteiger partial charge in [0.1, 0.15) is 11.4 Å². The highest BCUT2D eigenvalue weighted by molar-refractivity contribution is 5.86. The molecule has 0 aliphatic heterocycles. The van der Waals surface area contributed by atoms with Gasteiger partial charge in [0, 0.05) is 64.2 Å². The van der Waals surface area contributed by atoms with E-state index in [4.69, 9.17) is 9.52 Å². The maximum atomic E-state index is 11.1. The summed E-state index contributed by atoms with van der Waals surface area (Å²) in [6.45, 7) is 9.53. The van der Waals surface area contributed by atoms with Gasteiger partial charge in [0.15, 0.2) is 11.4 Å². The molecule has 0 fully saturated rings. The van der Waals surface area contributed by atoms with Crippen molar-refractivity contribution in [2.45, 2.75) is 58.8 Å². The molecule has 2 aromatic heterocycles. The summed E-state index contributed by atoms with van der Waals surface area (Å²) in [5.74, 6) is -1.47. The van der Waals surface area contributed by atoms with Crippen molar-refractivity contribution in [3.8, 4) is 28.6 Å². The second kappa shape index (κ2) is 26.8. The highest BCUT2D eigenvalue weighted by Crippen LogP contribution is 2.41. The summed E-state index contributed by atoms with van der Waals surface area (Å²) < 4.78 is 6.97. The lowest BCUT2D eigenvalue weighted by molar-refractivity contribution is 0.0663. The van der Waals surface area contributed by atoms with Crippen molar-refractivity contribution in [2.24, 2.45) is 10.2 Å². The molecule has 0 bridgehead atoms. The molecule has 12 heteroatoms. The van der Waals surface area contributed by atoms with Crippen LogP contribution in [-0.4, -0.2) is 52.0 Å². The minimum Gasteiger partial charge on any atom is -0.505 e. The van der Waals surface area contributed by atoms with E-state index in [1.165, 1.54) is 58.4 Å². The van der Waals surface area contributed by atoms with E-state index in [1.807, 2.05) is 37.3 Å². The Hall–Kier alpha value is -7.61. The molecule has 0 spiro atoms. The number of nitrogens with one attached hydrogen (secondary N) is 4. The number of para-hydroxylation sites is 1. The summed E-state index contributed by atoms with van der Waals surface area (Å²) in [4.78, 5) is 11.1. The van der Waals surface area contributed by atoms with Gasteiger partial charge in [0.05, 0.1) is 5.56 Å². The van der Waals surface area contributed by atoms with Crippen LogP contribution in [0, 0.1) is 6.92 Å². The fourth-order valence-electron chi connectivity index (χ4n) is 7.98. The van der Waals surface area contributed by atoms with Gasteiger partial charge < -0.3 is 41.0 Å². The van der Waals surface area contributed by atoms with Gasteiger partial charge in [-0.05, 0) is 108 Å². The Morgan fingerprint density at radius 3 is 1.53 bits per heavy atom. The van der Waals surface area contributed by atoms with Crippen LogP contribution in [0.2, 0.25) is 0 Å². The quantitative estimate of drug-likeness (QED) is 0.0308. The van der Waals surface area contributed by atoms with Gasteiger partial charge in [-0.25, -0.2) is 4.79 Å². The monoisotopic (exact) mass is 937 g/mol. The van der Waals surface area contributed by atoms with Crippen LogP contribution in [0.5, 0.6) is 11.6 Å². The average molecular weight is 938 g/mol. The normalized spacial score (nSPS) is 11.8. The van der Waals surface area contributed by atoms with Crippen molar-refractivity contribution >= 4 is 17.3 Å². The maximum absolute atomic E-state index is 11.1. The maximum Gasteiger partial charge on any atom is 0.371 e. The van der Waals surface area contributed by atoms with Gasteiger partial charge in [0.25, 0.3) is 0 Å². The number of carbonyl (C=O) groups is 1. The van der Waals surface area contributed by atoms with Crippen molar-refractivity contribution in [3.63, 3.8) is 0 Å². The van der Waals surface area contributed by atoms with Gasteiger partial charge >= 0.3 is 5.97 Å². The molecule has 1 aliphatic carbocycles. The number of aromatic hydroxyl groups is 2. The molecule has 8 aromatic rings. The Morgan fingerprint density at radius 2 is 1.06 bits per heavy atom. The number of benzene rings is 6. The largest absolute Gasteiger partial charge is 0.505 e. The number of aryl methyl sites for hydroxylation is 3. The van der Waals surface area contributed by atoms with E-state index in [0.29, 0.717) is 5.69 Å². The molecule has 70 heavy (non-hydrogen) atoms. The third kappa shape index (κ3) is 15.2. The molecular weight excluding hydrogens is 875 g/mol. The minimum atomic E-state index is -1.20. The number of carboxylic acids is 1. The Morgan fingerprint density at radius 1 is 0.571 bits per heavy atom. The van der Waals surface area contributed by atoms with Crippen molar-refractivity contribution in [1.82, 2.24) is 25.8 Å². The first-order chi connectivity index (χ1) is 34.3. The van der Waals surface area contributed by atoms with Gasteiger partial charge in [0.2, 0.25) is 11.6 Å². The molecule has 9 rings (SSSR count). The zero-order valence-electron chi connectivity index (χ0n) is 39.7. The molecule has 6 aromatic carbocycles. The number of azo groups is 1. The lowest BCUT2D eigenvalue weighted by atomic mass is 9.91. The van der Waals surface area contributed by atoms with E-state index in [1.54, 1.807) is 29.0 Å². The van der Waals surface area contributed by atoms with E-state index >= 15 is 0 Å². The number of furan rings is 1. The second-order valence-corrected chi connectivity index (χ2v) is 17.0. The number of rotatable bonds is 19. The molecule has 1 aliphatic rings. The molecule has 0 atom stereocenters. The van der Waals surface area contributed by atoms with Crippen molar-refractivity contribution in [3.05, 3.63) is 221 Å². The Labute approximate surface area is 410 Å². The third-order valence-corrected chi connectivity index (χ3v) is 11.7. The minimum absolute atomic E-state index is 0.0372. The highest BCUT2D eigenvalue weighted by Gasteiger charge is 2.18. The van der Waals surface area contributed by atoms with Crippen LogP contribution >= 0.6 is 0 Å². The molecule has 0 amide bonds. The number of phenolic OH excluding ortho intramolecular Hbond substituents is 1. The smallest absolute Gasteiger partial charge is 0.371 e. The zero-order chi connectivity index (χ0) is 48.8. The summed E-state index contributed by atoms with van der Waals surface area (Å²) in [7, 11) is 0. The molecule has 360 valence electrons. The van der Waals surface area contributed by atoms with Crippen molar-refractivity contribution in [2.75, 3.05) is 26.2 Å². The first-order valence-corrected chi connectivity index (χ1v) is 23.9. The fraction of sp³-hybridized carbons (Fsp3) is 0.224. The molecular formula is C58H63N7O5. The average Bonchev–Trinajstić information content (AvgIpc) is 4.01. The summed E-state index contributed by atoms with van der Waals surface area (Å²) in [5, 5.41) is 52.7. The Balaban J connectivity index is 0.000000170. The molecule has 12 nitrogen and oxygen atoms in total. The topological polar surface area (TPSA) is 169 Å². The van der Waals surface area contributed by atoms with Gasteiger partial charge in [-0.2, -0.15) is 0 Å². The predicted octanol–water partition coefficient (Wildman–Crippen LogP) is 11.6. The van der Waals surface area contributed by atoms with Crippen LogP contribution in [0.15, 0.2) is 191 Å². The van der Waals surface area contributed by atoms with E-state index in [2.05, 4.69) is 141 Å². The lowest BCUT2D eigenvalue weighted by Crippen LogP contribution is -2.26. The van der Waals surface area contributed by atoms with Crippen LogP contribution in [0.1, 0.15) is 62.3 Å². The second-order valence-electron chi connectivity index (χ2n) is 17.0. The van der Waals surface area contributed by atoms with Crippen molar-refractivity contribution < 1.29 is 24.5 Å². The summed E-state index contributed by atoms with van der Waals surface area (Å²) in [6, 6.07) is 55.7. The van der Waals surface area contributed by atoms with Crippen LogP contribution < -0.4 is 21.3 Å². The standard InChI is InChI=1S/C26H23N3O5.2C16H20N2/c1-15-14-29(18-10-9-16-5-2-3-6-17(16)13-18)25(31)23(15)28-27-20-8-4-7-19(24(20)30)21-11-12-22(34-21)26(32)33;2*1-3-7-15(8-4-1)13-17-11-12-18-14-16-9-5-2-6-10-16/h4,7-14,30-31H,2-3,5-6H2,1H3,(H,32,33);2*1-10,17-18H,11-14H2. The Bertz CT molecular complexity index is 2670. The fourth-order valence-corrected chi connectivity index (χ4v) is 7.98. The summed E-state index contributed by atoms with van der Waals surface area (Å²) in [5.41, 5.74) is 10.3. The number of aromatic carboxylic acids is 1. The van der Waals surface area contributed by atoms with E-state index in [0.717, 1.165) is 76.5 Å². The third-order valence-electron chi connectivity index (χ3n) is 11.7. The first kappa shape index (κ1) is 50.3. The number of phenols is 1. The number of hydrogen-bond donors (Lipinski definition) is 7. The van der Waals surface area contributed by atoms with Crippen LogP contribution in [0.4, 0.5) is 11.4 Å². The number of aromatic nitrogens is 1. The van der Waals surface area contributed by atoms with E-state index < -0.39 is 5.97 Å². The molecule has 0 saturated heterocycles. The zero-order valence-corrected chi connectivity index (χ0v) is 39.7. The predicted molar refractivity (Wildman–Crippen MR) is 278 cm³/mol. The SMILES string of the molecule is Cc1cn(-c2ccc3c(c2)CCCC3)c(O)c1N=Nc1cccc(-c2ccc(C(=O)O)o2)c1O.c1ccc(CNCCNCc2ccccc2)cc1.c1ccc(CNCCNCc2ccccc2)cc1. The molecule has 0 unspecified atom stereocenters. The first-order valence-electron chi connectivity index (χ1n) is 23.9. The number of nitrogens with zero attached hydrogens (tertiary/aromatic N) is 3. The van der Waals surface area contributed by atoms with E-state index in [-0.39, 0.29) is 34.4 Å². The van der Waals surface area contributed by atoms with Gasteiger partial charge in [-0.3, -0.25) is 4.57 Å². The molecule has 0 radical (unpaired) electrons. The van der Waals surface area contributed by atoms with Gasteiger partial charge in [-0.15, -0.1) is 10.2 Å². The molecule has 7 N–H and O–H groups in total. The summed E-state index contributed by atoms with van der Waals surface area (Å²) >= 11 is 0. The van der Waals surface area contributed by atoms with Gasteiger partial charge in [-0.1, -0.05) is 133 Å².